The highest BCUT2D eigenvalue weighted by Crippen LogP contribution is 2.21. The van der Waals surface area contributed by atoms with E-state index in [4.69, 9.17) is 16.3 Å². The van der Waals surface area contributed by atoms with Crippen molar-refractivity contribution >= 4 is 23.7 Å². The number of carbonyl (C=O) groups excluding carboxylic acids is 1. The minimum absolute atomic E-state index is 0.0977. The van der Waals surface area contributed by atoms with Gasteiger partial charge in [-0.2, -0.15) is 5.10 Å². The predicted molar refractivity (Wildman–Crippen MR) is 93.2 cm³/mol. The number of hydrazone groups is 1. The minimum Gasteiger partial charge on any atom is -0.483 e. The molecule has 1 N–H and O–H groups in total. The zero-order valence-corrected chi connectivity index (χ0v) is 13.9. The zero-order valence-electron chi connectivity index (χ0n) is 13.1. The predicted octanol–water partition coefficient (Wildman–Crippen LogP) is 3.93. The lowest BCUT2D eigenvalue weighted by atomic mass is 10.0. The third kappa shape index (κ3) is 5.42. The minimum atomic E-state index is -0.309. The van der Waals surface area contributed by atoms with E-state index in [1.165, 1.54) is 0 Å². The van der Waals surface area contributed by atoms with Gasteiger partial charge in [0.15, 0.2) is 6.61 Å². The van der Waals surface area contributed by atoms with Gasteiger partial charge in [-0.15, -0.1) is 0 Å². The highest BCUT2D eigenvalue weighted by atomic mass is 35.5. The first kappa shape index (κ1) is 17.0. The Kier molecular flexibility index (Phi) is 6.18. The SMILES string of the molecule is Cc1cc(Cl)ccc1OCC(=O)N/N=C\[C@H](C)c1ccccc1. The fourth-order valence-electron chi connectivity index (χ4n) is 2.01. The maximum absolute atomic E-state index is 11.7. The van der Waals surface area contributed by atoms with E-state index in [0.717, 1.165) is 11.1 Å². The van der Waals surface area contributed by atoms with E-state index < -0.39 is 0 Å². The molecule has 2 rings (SSSR count). The lowest BCUT2D eigenvalue weighted by molar-refractivity contribution is -0.123. The molecule has 2 aromatic carbocycles. The number of hydrogen-bond acceptors (Lipinski definition) is 3. The summed E-state index contributed by atoms with van der Waals surface area (Å²) in [6.45, 7) is 3.79. The van der Waals surface area contributed by atoms with Gasteiger partial charge < -0.3 is 4.74 Å². The molecule has 23 heavy (non-hydrogen) atoms. The summed E-state index contributed by atoms with van der Waals surface area (Å²) >= 11 is 5.87. The van der Waals surface area contributed by atoms with Crippen molar-refractivity contribution in [3.63, 3.8) is 0 Å². The van der Waals surface area contributed by atoms with Crippen LogP contribution in [0.1, 0.15) is 24.0 Å². The largest absolute Gasteiger partial charge is 0.483 e. The van der Waals surface area contributed by atoms with Gasteiger partial charge in [0, 0.05) is 17.2 Å². The number of amides is 1. The lowest BCUT2D eigenvalue weighted by Crippen LogP contribution is -2.25. The van der Waals surface area contributed by atoms with Crippen molar-refractivity contribution in [2.24, 2.45) is 5.10 Å². The molecule has 0 heterocycles. The van der Waals surface area contributed by atoms with E-state index in [1.54, 1.807) is 24.4 Å². The van der Waals surface area contributed by atoms with Crippen LogP contribution in [0.3, 0.4) is 0 Å². The van der Waals surface area contributed by atoms with Crippen LogP contribution in [0.4, 0.5) is 0 Å². The molecule has 0 saturated heterocycles. The Balaban J connectivity index is 1.80. The van der Waals surface area contributed by atoms with Crippen molar-refractivity contribution < 1.29 is 9.53 Å². The molecule has 4 nitrogen and oxygen atoms in total. The summed E-state index contributed by atoms with van der Waals surface area (Å²) in [6, 6.07) is 15.2. The summed E-state index contributed by atoms with van der Waals surface area (Å²) in [7, 11) is 0. The number of aryl methyl sites for hydroxylation is 1. The highest BCUT2D eigenvalue weighted by Gasteiger charge is 2.05. The summed E-state index contributed by atoms with van der Waals surface area (Å²) < 4.78 is 5.45. The standard InChI is InChI=1S/C18H19ClN2O2/c1-13-10-16(19)8-9-17(13)23-12-18(22)21-20-11-14(2)15-6-4-3-5-7-15/h3-11,14H,12H2,1-2H3,(H,21,22)/b20-11-/t14-/m0/s1. The second-order valence-corrected chi connectivity index (χ2v) is 5.65. The molecule has 0 aliphatic carbocycles. The van der Waals surface area contributed by atoms with Gasteiger partial charge in [-0.05, 0) is 36.2 Å². The van der Waals surface area contributed by atoms with Crippen LogP contribution in [0.15, 0.2) is 53.6 Å². The van der Waals surface area contributed by atoms with E-state index in [1.807, 2.05) is 44.2 Å². The van der Waals surface area contributed by atoms with Crippen LogP contribution in [0.25, 0.3) is 0 Å². The van der Waals surface area contributed by atoms with E-state index in [-0.39, 0.29) is 18.4 Å². The third-order valence-electron chi connectivity index (χ3n) is 3.31. The number of hydrogen-bond donors (Lipinski definition) is 1. The molecular formula is C18H19ClN2O2. The smallest absolute Gasteiger partial charge is 0.277 e. The van der Waals surface area contributed by atoms with Gasteiger partial charge in [-0.25, -0.2) is 5.43 Å². The topological polar surface area (TPSA) is 50.7 Å². The summed E-state index contributed by atoms with van der Waals surface area (Å²) in [4.78, 5) is 11.7. The zero-order chi connectivity index (χ0) is 16.7. The number of ether oxygens (including phenoxy) is 1. The van der Waals surface area contributed by atoms with Gasteiger partial charge in [0.25, 0.3) is 5.91 Å². The molecule has 0 aromatic heterocycles. The van der Waals surface area contributed by atoms with Crippen LogP contribution in [-0.2, 0) is 4.79 Å². The molecular weight excluding hydrogens is 312 g/mol. The van der Waals surface area contributed by atoms with Crippen molar-refractivity contribution in [2.45, 2.75) is 19.8 Å². The number of carbonyl (C=O) groups is 1. The van der Waals surface area contributed by atoms with Gasteiger partial charge in [-0.3, -0.25) is 4.79 Å². The maximum Gasteiger partial charge on any atom is 0.277 e. The Morgan fingerprint density at radius 2 is 2.04 bits per heavy atom. The molecule has 0 saturated carbocycles. The third-order valence-corrected chi connectivity index (χ3v) is 3.54. The highest BCUT2D eigenvalue weighted by molar-refractivity contribution is 6.30. The maximum atomic E-state index is 11.7. The van der Waals surface area contributed by atoms with Crippen LogP contribution in [-0.4, -0.2) is 18.7 Å². The van der Waals surface area contributed by atoms with Gasteiger partial charge >= 0.3 is 0 Å². The van der Waals surface area contributed by atoms with Crippen LogP contribution in [0, 0.1) is 6.92 Å². The second-order valence-electron chi connectivity index (χ2n) is 5.21. The van der Waals surface area contributed by atoms with E-state index in [0.29, 0.717) is 10.8 Å². The van der Waals surface area contributed by atoms with Crippen LogP contribution in [0.5, 0.6) is 5.75 Å². The van der Waals surface area contributed by atoms with Crippen LogP contribution >= 0.6 is 11.6 Å². The average Bonchev–Trinajstić information content (AvgIpc) is 2.54. The summed E-state index contributed by atoms with van der Waals surface area (Å²) in [5.74, 6) is 0.443. The molecule has 0 aliphatic heterocycles. The van der Waals surface area contributed by atoms with Gasteiger partial charge in [0.05, 0.1) is 0 Å². The van der Waals surface area contributed by atoms with Crippen LogP contribution in [0.2, 0.25) is 5.02 Å². The average molecular weight is 331 g/mol. The Bertz CT molecular complexity index is 687. The first-order valence-electron chi connectivity index (χ1n) is 7.32. The Morgan fingerprint density at radius 1 is 1.30 bits per heavy atom. The van der Waals surface area contributed by atoms with Gasteiger partial charge in [0.2, 0.25) is 0 Å². The van der Waals surface area contributed by atoms with Crippen molar-refractivity contribution in [3.8, 4) is 5.75 Å². The lowest BCUT2D eigenvalue weighted by Gasteiger charge is -2.08. The first-order chi connectivity index (χ1) is 11.1. The van der Waals surface area contributed by atoms with E-state index in [2.05, 4.69) is 10.5 Å². The van der Waals surface area contributed by atoms with Crippen molar-refractivity contribution in [3.05, 3.63) is 64.7 Å². The summed E-state index contributed by atoms with van der Waals surface area (Å²) in [5, 5.41) is 4.61. The summed E-state index contributed by atoms with van der Waals surface area (Å²) in [6.07, 6.45) is 1.70. The normalized spacial score (nSPS) is 12.1. The monoisotopic (exact) mass is 330 g/mol. The quantitative estimate of drug-likeness (QED) is 0.644. The number of nitrogens with one attached hydrogen (secondary N) is 1. The molecule has 0 aliphatic rings. The van der Waals surface area contributed by atoms with Crippen LogP contribution < -0.4 is 10.2 Å². The van der Waals surface area contributed by atoms with Crippen molar-refractivity contribution in [1.29, 1.82) is 0 Å². The first-order valence-corrected chi connectivity index (χ1v) is 7.70. The molecule has 5 heteroatoms. The molecule has 2 aromatic rings. The van der Waals surface area contributed by atoms with Gasteiger partial charge in [0.1, 0.15) is 5.75 Å². The molecule has 0 spiro atoms. The number of rotatable bonds is 6. The number of halogens is 1. The molecule has 0 fully saturated rings. The second kappa shape index (κ2) is 8.34. The van der Waals surface area contributed by atoms with E-state index in [9.17, 15) is 4.79 Å². The molecule has 0 radical (unpaired) electrons. The molecule has 1 atom stereocenters. The van der Waals surface area contributed by atoms with Gasteiger partial charge in [-0.1, -0.05) is 48.9 Å². The fraction of sp³-hybridized carbons (Fsp3) is 0.222. The van der Waals surface area contributed by atoms with Crippen molar-refractivity contribution in [2.75, 3.05) is 6.61 Å². The number of nitrogens with zero attached hydrogens (tertiary/aromatic N) is 1. The Hall–Kier alpha value is -2.33. The Morgan fingerprint density at radius 3 is 2.74 bits per heavy atom. The Labute approximate surface area is 141 Å². The molecule has 0 unspecified atom stereocenters. The van der Waals surface area contributed by atoms with Crippen molar-refractivity contribution in [1.82, 2.24) is 5.43 Å². The fourth-order valence-corrected chi connectivity index (χ4v) is 2.24. The summed E-state index contributed by atoms with van der Waals surface area (Å²) in [5.41, 5.74) is 4.48. The van der Waals surface area contributed by atoms with E-state index >= 15 is 0 Å². The molecule has 120 valence electrons. The molecule has 1 amide bonds. The number of benzene rings is 2. The molecule has 0 bridgehead atoms.